The van der Waals surface area contributed by atoms with Crippen LogP contribution in [0.2, 0.25) is 5.02 Å². The molecule has 6 heteroatoms. The summed E-state index contributed by atoms with van der Waals surface area (Å²) in [6.45, 7) is 2.45. The molecule has 2 aliphatic heterocycles. The van der Waals surface area contributed by atoms with E-state index in [1.54, 1.807) is 12.1 Å². The summed E-state index contributed by atoms with van der Waals surface area (Å²) in [6, 6.07) is 28.4. The molecule has 4 nitrogen and oxygen atoms in total. The van der Waals surface area contributed by atoms with E-state index in [0.717, 1.165) is 45.9 Å². The number of hydrogen-bond donors (Lipinski definition) is 0. The van der Waals surface area contributed by atoms with Crippen molar-refractivity contribution in [2.75, 3.05) is 0 Å². The molecule has 0 fully saturated rings. The molecule has 0 spiro atoms. The molecule has 0 bridgehead atoms. The van der Waals surface area contributed by atoms with Gasteiger partial charge in [0.15, 0.2) is 0 Å². The first-order chi connectivity index (χ1) is 17.5. The predicted molar refractivity (Wildman–Crippen MR) is 139 cm³/mol. The smallest absolute Gasteiger partial charge is 0.213 e. The summed E-state index contributed by atoms with van der Waals surface area (Å²) in [5.74, 6) is 1.29. The summed E-state index contributed by atoms with van der Waals surface area (Å²) < 4.78 is 25.5. The second-order valence-corrected chi connectivity index (χ2v) is 9.59. The average Bonchev–Trinajstić information content (AvgIpc) is 3.35. The fraction of sp³-hybridized carbons (Fsp3) is 0.167. The van der Waals surface area contributed by atoms with Gasteiger partial charge in [0.2, 0.25) is 6.23 Å². The van der Waals surface area contributed by atoms with Gasteiger partial charge in [-0.15, -0.1) is 0 Å². The largest absolute Gasteiger partial charge is 0.489 e. The molecule has 0 aromatic heterocycles. The number of ether oxygens (including phenoxy) is 2. The highest BCUT2D eigenvalue weighted by Gasteiger charge is 2.41. The molecule has 0 amide bonds. The van der Waals surface area contributed by atoms with Gasteiger partial charge in [0.25, 0.3) is 0 Å². The first-order valence-corrected chi connectivity index (χ1v) is 12.3. The molecular formula is C30H24ClFN2O2. The molecule has 2 heterocycles. The van der Waals surface area contributed by atoms with E-state index < -0.39 is 0 Å². The number of aryl methyl sites for hydroxylation is 1. The summed E-state index contributed by atoms with van der Waals surface area (Å²) in [5.41, 5.74) is 6.29. The highest BCUT2D eigenvalue weighted by molar-refractivity contribution is 6.30. The fourth-order valence-electron chi connectivity index (χ4n) is 4.67. The Bertz CT molecular complexity index is 1420. The van der Waals surface area contributed by atoms with Crippen molar-refractivity contribution in [3.8, 4) is 11.5 Å². The molecule has 0 saturated heterocycles. The van der Waals surface area contributed by atoms with E-state index in [2.05, 4.69) is 31.2 Å². The molecule has 0 saturated carbocycles. The Morgan fingerprint density at radius 3 is 2.47 bits per heavy atom. The zero-order valence-electron chi connectivity index (χ0n) is 19.7. The molecule has 36 heavy (non-hydrogen) atoms. The molecule has 0 unspecified atom stereocenters. The van der Waals surface area contributed by atoms with Gasteiger partial charge in [0.1, 0.15) is 23.9 Å². The van der Waals surface area contributed by atoms with E-state index in [-0.39, 0.29) is 18.1 Å². The van der Waals surface area contributed by atoms with Crippen LogP contribution < -0.4 is 9.47 Å². The van der Waals surface area contributed by atoms with Gasteiger partial charge >= 0.3 is 0 Å². The van der Waals surface area contributed by atoms with Gasteiger partial charge in [-0.05, 0) is 72.6 Å². The summed E-state index contributed by atoms with van der Waals surface area (Å²) in [6.07, 6.45) is 0.396. The van der Waals surface area contributed by atoms with Crippen molar-refractivity contribution >= 4 is 17.3 Å². The highest BCUT2D eigenvalue weighted by atomic mass is 35.5. The van der Waals surface area contributed by atoms with Crippen LogP contribution in [0.5, 0.6) is 11.5 Å². The molecular weight excluding hydrogens is 475 g/mol. The third-order valence-corrected chi connectivity index (χ3v) is 6.86. The van der Waals surface area contributed by atoms with E-state index in [9.17, 15) is 4.39 Å². The van der Waals surface area contributed by atoms with Gasteiger partial charge in [-0.1, -0.05) is 53.6 Å². The summed E-state index contributed by atoms with van der Waals surface area (Å²) >= 11 is 6.35. The van der Waals surface area contributed by atoms with Crippen molar-refractivity contribution in [3.63, 3.8) is 0 Å². The maximum Gasteiger partial charge on any atom is 0.213 e. The van der Waals surface area contributed by atoms with Gasteiger partial charge in [-0.3, -0.25) is 0 Å². The van der Waals surface area contributed by atoms with Gasteiger partial charge in [0, 0.05) is 22.6 Å². The summed E-state index contributed by atoms with van der Waals surface area (Å²) in [7, 11) is 0. The monoisotopic (exact) mass is 498 g/mol. The van der Waals surface area contributed by atoms with Crippen LogP contribution in [0.1, 0.15) is 46.5 Å². The number of hydrogen-bond acceptors (Lipinski definition) is 4. The van der Waals surface area contributed by atoms with Crippen LogP contribution >= 0.6 is 11.6 Å². The van der Waals surface area contributed by atoms with Crippen LogP contribution in [0.4, 0.5) is 4.39 Å². The lowest BCUT2D eigenvalue weighted by Crippen LogP contribution is -2.33. The zero-order chi connectivity index (χ0) is 24.6. The lowest BCUT2D eigenvalue weighted by Gasteiger charge is -2.38. The molecule has 6 rings (SSSR count). The number of fused-ring (bicyclic) bond motifs is 3. The van der Waals surface area contributed by atoms with Crippen molar-refractivity contribution in [2.24, 2.45) is 5.10 Å². The Hall–Kier alpha value is -3.83. The van der Waals surface area contributed by atoms with Crippen LogP contribution in [0.3, 0.4) is 0 Å². The number of benzene rings is 4. The van der Waals surface area contributed by atoms with Gasteiger partial charge in [-0.2, -0.15) is 5.10 Å². The van der Waals surface area contributed by atoms with Gasteiger partial charge in [0.05, 0.1) is 11.8 Å². The van der Waals surface area contributed by atoms with E-state index in [1.807, 2.05) is 47.5 Å². The van der Waals surface area contributed by atoms with E-state index in [0.29, 0.717) is 11.6 Å². The summed E-state index contributed by atoms with van der Waals surface area (Å²) in [5, 5.41) is 7.75. The van der Waals surface area contributed by atoms with Crippen LogP contribution in [0.15, 0.2) is 96.1 Å². The zero-order valence-corrected chi connectivity index (χ0v) is 20.5. The van der Waals surface area contributed by atoms with Crippen molar-refractivity contribution in [3.05, 3.63) is 130 Å². The second-order valence-electron chi connectivity index (χ2n) is 9.15. The number of rotatable bonds is 5. The number of nitrogens with zero attached hydrogens (tertiary/aromatic N) is 2. The first kappa shape index (κ1) is 22.6. The highest BCUT2D eigenvalue weighted by Crippen LogP contribution is 2.48. The molecule has 2 aliphatic rings. The number of hydrazone groups is 1. The Labute approximate surface area is 214 Å². The topological polar surface area (TPSA) is 34.1 Å². The van der Waals surface area contributed by atoms with Crippen LogP contribution in [0, 0.1) is 12.7 Å². The van der Waals surface area contributed by atoms with Crippen molar-refractivity contribution in [2.45, 2.75) is 32.2 Å². The predicted octanol–water partition coefficient (Wildman–Crippen LogP) is 7.61. The third kappa shape index (κ3) is 4.42. The average molecular weight is 499 g/mol. The lowest BCUT2D eigenvalue weighted by molar-refractivity contribution is -0.0190. The minimum Gasteiger partial charge on any atom is -0.489 e. The van der Waals surface area contributed by atoms with Crippen molar-refractivity contribution in [1.29, 1.82) is 0 Å². The normalized spacial score (nSPS) is 18.2. The molecule has 4 aromatic carbocycles. The van der Waals surface area contributed by atoms with Crippen LogP contribution in [0.25, 0.3) is 0 Å². The molecule has 2 atom stereocenters. The fourth-order valence-corrected chi connectivity index (χ4v) is 4.86. The van der Waals surface area contributed by atoms with E-state index in [4.69, 9.17) is 26.2 Å². The maximum absolute atomic E-state index is 13.1. The van der Waals surface area contributed by atoms with Crippen LogP contribution in [-0.2, 0) is 6.61 Å². The standard InChI is InChI=1S/C30H24ClFN2O2/c1-19-2-6-21(7-3-19)27-17-28-26-16-23(31)10-15-29(26)36-30(34(28)33-27)22-8-13-25(14-9-22)35-18-20-4-11-24(32)12-5-20/h2-16,28,30H,17-18H2,1H3/t28-,30-/m1/s1. The van der Waals surface area contributed by atoms with Gasteiger partial charge < -0.3 is 9.47 Å². The molecule has 0 N–H and O–H groups in total. The first-order valence-electron chi connectivity index (χ1n) is 11.9. The minimum atomic E-state index is -0.377. The minimum absolute atomic E-state index is 0.0307. The molecule has 0 aliphatic carbocycles. The Kier molecular flexibility index (Phi) is 5.86. The van der Waals surface area contributed by atoms with Gasteiger partial charge in [-0.25, -0.2) is 9.40 Å². The van der Waals surface area contributed by atoms with E-state index in [1.165, 1.54) is 17.7 Å². The second kappa shape index (κ2) is 9.32. The Morgan fingerprint density at radius 2 is 1.72 bits per heavy atom. The maximum atomic E-state index is 13.1. The molecule has 4 aromatic rings. The lowest BCUT2D eigenvalue weighted by atomic mass is 9.95. The third-order valence-electron chi connectivity index (χ3n) is 6.62. The molecule has 0 radical (unpaired) electrons. The quantitative estimate of drug-likeness (QED) is 0.284. The van der Waals surface area contributed by atoms with Crippen molar-refractivity contribution < 1.29 is 13.9 Å². The molecule has 180 valence electrons. The Balaban J connectivity index is 1.27. The van der Waals surface area contributed by atoms with Crippen LogP contribution in [-0.4, -0.2) is 10.7 Å². The summed E-state index contributed by atoms with van der Waals surface area (Å²) in [4.78, 5) is 0. The van der Waals surface area contributed by atoms with E-state index >= 15 is 0 Å². The SMILES string of the molecule is Cc1ccc(C2=NN3[C@H](C2)c2cc(Cl)ccc2O[C@@H]3c2ccc(OCc3ccc(F)cc3)cc2)cc1. The Morgan fingerprint density at radius 1 is 0.972 bits per heavy atom. The number of halogens is 2. The van der Waals surface area contributed by atoms with Crippen molar-refractivity contribution in [1.82, 2.24) is 5.01 Å².